The summed E-state index contributed by atoms with van der Waals surface area (Å²) in [5, 5.41) is 226. The first-order valence-corrected chi connectivity index (χ1v) is 27.9. The minimum absolute atomic E-state index is 0.203. The van der Waals surface area contributed by atoms with Gasteiger partial charge in [-0.05, 0) is 25.9 Å². The molecule has 21 heterocycles. The lowest BCUT2D eigenvalue weighted by atomic mass is 9.95. The molecule has 0 aromatic rings. The van der Waals surface area contributed by atoms with Crippen LogP contribution in [0, 0.1) is 0 Å². The summed E-state index contributed by atoms with van der Waals surface area (Å²) in [7, 11) is 0. The van der Waals surface area contributed by atoms with Crippen LogP contribution < -0.4 is 11.1 Å². The number of aliphatic hydroxyl groups is 20. The van der Waals surface area contributed by atoms with E-state index in [2.05, 4.69) is 5.32 Å². The lowest BCUT2D eigenvalue weighted by Crippen LogP contribution is -2.68. The monoisotopic (exact) mass is 1230 g/mol. The van der Waals surface area contributed by atoms with Gasteiger partial charge in [-0.15, -0.1) is 0 Å². The topological polar surface area (TPSA) is 572 Å². The van der Waals surface area contributed by atoms with Gasteiger partial charge < -0.3 is 179 Å². The lowest BCUT2D eigenvalue weighted by molar-refractivity contribution is -0.396. The number of ether oxygens (including phenoxy) is 14. The normalized spacial score (nSPS) is 51.8. The number of nitrogens with two attached hydrogens (primary N) is 1. The van der Waals surface area contributed by atoms with Crippen molar-refractivity contribution in [2.75, 3.05) is 59.3 Å². The highest BCUT2D eigenvalue weighted by atomic mass is 16.8. The Labute approximate surface area is 478 Å². The van der Waals surface area contributed by atoms with E-state index < -0.39 is 255 Å². The van der Waals surface area contributed by atoms with Crippen molar-refractivity contribution in [2.45, 2.75) is 241 Å². The number of aliphatic hydroxyl groups excluding tert-OH is 20. The summed E-state index contributed by atoms with van der Waals surface area (Å²) in [4.78, 5) is 0. The highest BCUT2D eigenvalue weighted by Crippen LogP contribution is 2.39. The Morgan fingerprint density at radius 3 is 0.631 bits per heavy atom. The standard InChI is InChI=1S/C48H84N2O34/c49-5-3-1-2-4-6-50-7-14-35-21(57)28(64)42(71-14)79-36-15(8-51)73-44(30(66)23(36)59)81-38-17(10-53)75-46(32(68)25(38)61)83-40-19(12-55)77-48(34(70)27(40)63)84-41-20(13-56)76-47(33(69)26(41)62)82-39-18(11-54)74-45(31(67)24(39)60)80-37-16(9-52)72-43(78-35)29(65)22(37)58/h14-48,50-70H,1-13,49H2/t14?,15-,16-,17-,18-,19-,20-,21-,22-,23-,24-,25-,26-,27-,28-,29-,30-,31-,32-,33-,34-,35-,36-,37-,38-,39-,40-,41-,42-,43-,44-,45-,46-,47-,48-/m1/s1. The molecule has 0 aromatic heterocycles. The van der Waals surface area contributed by atoms with Crippen LogP contribution in [0.15, 0.2) is 0 Å². The Morgan fingerprint density at radius 2 is 0.429 bits per heavy atom. The van der Waals surface area contributed by atoms with E-state index in [0.717, 1.165) is 19.3 Å². The highest BCUT2D eigenvalue weighted by molar-refractivity contribution is 5.02. The van der Waals surface area contributed by atoms with Gasteiger partial charge in [-0.25, -0.2) is 0 Å². The van der Waals surface area contributed by atoms with Crippen molar-refractivity contribution < 1.29 is 168 Å². The highest BCUT2D eigenvalue weighted by Gasteiger charge is 2.59. The summed E-state index contributed by atoms with van der Waals surface area (Å²) in [6.07, 6.45) is -66.0. The molecule has 36 nitrogen and oxygen atoms in total. The molecule has 21 fully saturated rings. The fraction of sp³-hybridized carbons (Fsp3) is 1.00. The third-order valence-corrected chi connectivity index (χ3v) is 16.3. The van der Waals surface area contributed by atoms with Gasteiger partial charge in [-0.3, -0.25) is 0 Å². The fourth-order valence-electron chi connectivity index (χ4n) is 11.4. The Kier molecular flexibility index (Phi) is 24.9. The van der Waals surface area contributed by atoms with Crippen LogP contribution in [0.3, 0.4) is 0 Å². The van der Waals surface area contributed by atoms with Gasteiger partial charge >= 0.3 is 0 Å². The first-order chi connectivity index (χ1) is 40.2. The van der Waals surface area contributed by atoms with Gasteiger partial charge in [0.05, 0.1) is 39.6 Å². The summed E-state index contributed by atoms with van der Waals surface area (Å²) in [6.45, 7) is -5.54. The molecule has 0 aliphatic carbocycles. The molecule has 21 aliphatic rings. The van der Waals surface area contributed by atoms with Gasteiger partial charge in [-0.1, -0.05) is 12.8 Å². The molecule has 1 unspecified atom stereocenters. The third kappa shape index (κ3) is 14.5. The summed E-state index contributed by atoms with van der Waals surface area (Å²) in [6, 6.07) is 0. The largest absolute Gasteiger partial charge is 0.394 e. The van der Waals surface area contributed by atoms with Gasteiger partial charge in [0.1, 0.15) is 171 Å². The predicted octanol–water partition coefficient (Wildman–Crippen LogP) is -14.1. The van der Waals surface area contributed by atoms with E-state index in [9.17, 15) is 102 Å². The Balaban J connectivity index is 1.08. The average Bonchev–Trinajstić information content (AvgIpc) is 2.01. The summed E-state index contributed by atoms with van der Waals surface area (Å²) in [5.41, 5.74) is 5.62. The van der Waals surface area contributed by atoms with Gasteiger partial charge in [0.25, 0.3) is 0 Å². The molecule has 0 amide bonds. The lowest BCUT2D eigenvalue weighted by Gasteiger charge is -2.50. The molecule has 0 radical (unpaired) electrons. The smallest absolute Gasteiger partial charge is 0.187 e. The van der Waals surface area contributed by atoms with Crippen LogP contribution in [0.25, 0.3) is 0 Å². The summed E-state index contributed by atoms with van der Waals surface area (Å²) in [5.74, 6) is 0. The van der Waals surface area contributed by atoms with E-state index in [1.807, 2.05) is 0 Å². The number of hydrogen-bond acceptors (Lipinski definition) is 36. The molecule has 0 aromatic carbocycles. The summed E-state index contributed by atoms with van der Waals surface area (Å²) >= 11 is 0. The van der Waals surface area contributed by atoms with E-state index >= 15 is 0 Å². The SMILES string of the molecule is NCCCCCCNCC1O[C@@H]2O[C@H]3[C@H](O)[C@@H](O)[C@@H](O[C@H]4[C@H](O)[C@@H](O)[C@@H](O[C@H]5[C@H](O)[C@@H](O)[C@@H](O[C@H]6[C@H](O)[C@@H](O)[C@@H](O[C@H]7[C@H](O)[C@@H](O)[C@@H](O[C@H]8[C@H](O)[C@@H](O)[C@@H](O[C@H]1[C@H](O)[C@H]2O)O[C@@H]8CO)O[C@@H]7CO)O[C@@H]6CO)O[C@@H]5CO)O[C@@H]4CO)O[C@@H]3CO. The first-order valence-electron chi connectivity index (χ1n) is 27.9. The molecule has 36 heteroatoms. The van der Waals surface area contributed by atoms with Crippen LogP contribution in [-0.2, 0) is 66.3 Å². The van der Waals surface area contributed by atoms with Crippen LogP contribution in [0.2, 0.25) is 0 Å². The van der Waals surface area contributed by atoms with Gasteiger partial charge in [0.2, 0.25) is 0 Å². The van der Waals surface area contributed by atoms with Crippen molar-refractivity contribution in [3.63, 3.8) is 0 Å². The van der Waals surface area contributed by atoms with Gasteiger partial charge in [0.15, 0.2) is 44.0 Å². The molecular formula is C48H84N2O34. The van der Waals surface area contributed by atoms with Crippen molar-refractivity contribution in [1.29, 1.82) is 0 Å². The minimum atomic E-state index is -2.20. The number of nitrogens with one attached hydrogen (secondary N) is 1. The molecule has 0 spiro atoms. The van der Waals surface area contributed by atoms with Crippen molar-refractivity contribution in [1.82, 2.24) is 5.32 Å². The molecule has 21 rings (SSSR count). The maximum atomic E-state index is 11.8. The summed E-state index contributed by atoms with van der Waals surface area (Å²) < 4.78 is 81.3. The molecule has 23 N–H and O–H groups in total. The predicted molar refractivity (Wildman–Crippen MR) is 262 cm³/mol. The zero-order valence-electron chi connectivity index (χ0n) is 45.1. The van der Waals surface area contributed by atoms with E-state index in [1.165, 1.54) is 0 Å². The Hall–Kier alpha value is -1.44. The Morgan fingerprint density at radius 1 is 0.238 bits per heavy atom. The van der Waals surface area contributed by atoms with E-state index in [-0.39, 0.29) is 6.54 Å². The van der Waals surface area contributed by atoms with Crippen molar-refractivity contribution in [3.05, 3.63) is 0 Å². The van der Waals surface area contributed by atoms with Crippen LogP contribution >= 0.6 is 0 Å². The average molecular weight is 1230 g/mol. The van der Waals surface area contributed by atoms with Gasteiger partial charge in [0, 0.05) is 6.54 Å². The zero-order chi connectivity index (χ0) is 61.0. The maximum absolute atomic E-state index is 11.8. The zero-order valence-corrected chi connectivity index (χ0v) is 45.1. The number of unbranched alkanes of at least 4 members (excludes halogenated alkanes) is 3. The van der Waals surface area contributed by atoms with E-state index in [0.29, 0.717) is 19.5 Å². The number of rotatable bonds is 14. The second kappa shape index (κ2) is 30.6. The molecule has 0 saturated carbocycles. The number of hydrogen-bond donors (Lipinski definition) is 22. The van der Waals surface area contributed by atoms with Crippen LogP contribution in [0.4, 0.5) is 0 Å². The fourth-order valence-corrected chi connectivity index (χ4v) is 11.4. The van der Waals surface area contributed by atoms with Crippen molar-refractivity contribution >= 4 is 0 Å². The Bertz CT molecular complexity index is 1950. The molecule has 35 atom stereocenters. The second-order valence-corrected chi connectivity index (χ2v) is 21.9. The van der Waals surface area contributed by atoms with E-state index in [4.69, 9.17) is 72.0 Å². The van der Waals surface area contributed by atoms with E-state index in [1.54, 1.807) is 0 Å². The van der Waals surface area contributed by atoms with Crippen molar-refractivity contribution in [2.24, 2.45) is 5.73 Å². The molecule has 21 aliphatic heterocycles. The molecule has 21 saturated heterocycles. The molecule has 14 bridgehead atoms. The first kappa shape index (κ1) is 68.5. The van der Waals surface area contributed by atoms with Crippen LogP contribution in [0.5, 0.6) is 0 Å². The minimum Gasteiger partial charge on any atom is -0.394 e. The molecular weight excluding hydrogens is 1150 g/mol. The van der Waals surface area contributed by atoms with Crippen molar-refractivity contribution in [3.8, 4) is 0 Å². The second-order valence-electron chi connectivity index (χ2n) is 21.9. The quantitative estimate of drug-likeness (QED) is 0.0718. The van der Waals surface area contributed by atoms with Gasteiger partial charge in [-0.2, -0.15) is 0 Å². The molecule has 84 heavy (non-hydrogen) atoms. The third-order valence-electron chi connectivity index (χ3n) is 16.3. The maximum Gasteiger partial charge on any atom is 0.187 e. The van der Waals surface area contributed by atoms with Crippen LogP contribution in [-0.4, -0.2) is 376 Å². The van der Waals surface area contributed by atoms with Crippen LogP contribution in [0.1, 0.15) is 25.7 Å². The molecule has 490 valence electrons.